The van der Waals surface area contributed by atoms with Gasteiger partial charge >= 0.3 is 0 Å². The summed E-state index contributed by atoms with van der Waals surface area (Å²) in [5, 5.41) is 12.1. The highest BCUT2D eigenvalue weighted by molar-refractivity contribution is 7.99. The summed E-state index contributed by atoms with van der Waals surface area (Å²) in [5.41, 5.74) is 6.05. The second-order valence-electron chi connectivity index (χ2n) is 2.33. The normalized spacial score (nSPS) is 10.8. The van der Waals surface area contributed by atoms with Gasteiger partial charge in [-0.05, 0) is 10.4 Å². The minimum absolute atomic E-state index is 0.628. The van der Waals surface area contributed by atoms with Crippen LogP contribution in [-0.2, 0) is 0 Å². The lowest BCUT2D eigenvalue weighted by molar-refractivity contribution is 0.765. The van der Waals surface area contributed by atoms with E-state index < -0.39 is 0 Å². The van der Waals surface area contributed by atoms with Gasteiger partial charge in [0.15, 0.2) is 5.65 Å². The zero-order chi connectivity index (χ0) is 9.10. The van der Waals surface area contributed by atoms with Crippen molar-refractivity contribution in [3.05, 3.63) is 12.4 Å². The van der Waals surface area contributed by atoms with E-state index in [-0.39, 0.29) is 0 Å². The van der Waals surface area contributed by atoms with Crippen molar-refractivity contribution in [2.75, 3.05) is 12.3 Å². The van der Waals surface area contributed by atoms with Crippen LogP contribution in [0.1, 0.15) is 0 Å². The molecule has 0 aromatic carbocycles. The Balaban J connectivity index is 2.37. The van der Waals surface area contributed by atoms with Crippen LogP contribution in [0.3, 0.4) is 0 Å². The molecule has 0 unspecified atom stereocenters. The Labute approximate surface area is 78.5 Å². The van der Waals surface area contributed by atoms with Crippen LogP contribution in [0.4, 0.5) is 0 Å². The van der Waals surface area contributed by atoms with Gasteiger partial charge in [0.1, 0.15) is 5.03 Å². The fourth-order valence-electron chi connectivity index (χ4n) is 0.916. The zero-order valence-corrected chi connectivity index (χ0v) is 7.61. The van der Waals surface area contributed by atoms with Crippen LogP contribution in [0.5, 0.6) is 0 Å². The topological polar surface area (TPSA) is 82.0 Å². The summed E-state index contributed by atoms with van der Waals surface area (Å²) < 4.78 is 1.65. The Morgan fingerprint density at radius 1 is 1.46 bits per heavy atom. The Bertz CT molecular complexity index is 399. The summed E-state index contributed by atoms with van der Waals surface area (Å²) in [4.78, 5) is 4.01. The number of nitrogens with two attached hydrogens (primary N) is 1. The Hall–Kier alpha value is -1.21. The fraction of sp³-hybridized carbons (Fsp3) is 0.333. The van der Waals surface area contributed by atoms with Crippen LogP contribution >= 0.6 is 11.8 Å². The van der Waals surface area contributed by atoms with Crippen molar-refractivity contribution in [2.45, 2.75) is 5.03 Å². The molecule has 0 saturated carbocycles. The summed E-state index contributed by atoms with van der Waals surface area (Å²) >= 11 is 1.59. The van der Waals surface area contributed by atoms with Crippen molar-refractivity contribution >= 4 is 17.4 Å². The molecular formula is C6H8N6S. The van der Waals surface area contributed by atoms with Crippen LogP contribution in [0.2, 0.25) is 0 Å². The van der Waals surface area contributed by atoms with Crippen molar-refractivity contribution in [2.24, 2.45) is 5.73 Å². The van der Waals surface area contributed by atoms with E-state index in [9.17, 15) is 0 Å². The van der Waals surface area contributed by atoms with Gasteiger partial charge in [0.05, 0.1) is 12.4 Å². The van der Waals surface area contributed by atoms with Crippen LogP contribution in [-0.4, -0.2) is 37.3 Å². The second-order valence-corrected chi connectivity index (χ2v) is 3.45. The van der Waals surface area contributed by atoms with E-state index in [0.29, 0.717) is 12.2 Å². The molecule has 0 fully saturated rings. The van der Waals surface area contributed by atoms with Gasteiger partial charge < -0.3 is 5.73 Å². The van der Waals surface area contributed by atoms with E-state index in [1.807, 2.05) is 0 Å². The van der Waals surface area contributed by atoms with Crippen molar-refractivity contribution in [1.29, 1.82) is 0 Å². The first-order valence-electron chi connectivity index (χ1n) is 3.77. The van der Waals surface area contributed by atoms with Gasteiger partial charge in [-0.3, -0.25) is 4.98 Å². The van der Waals surface area contributed by atoms with Gasteiger partial charge in [0.2, 0.25) is 0 Å². The first-order chi connectivity index (χ1) is 6.42. The van der Waals surface area contributed by atoms with Crippen molar-refractivity contribution in [3.8, 4) is 0 Å². The summed E-state index contributed by atoms with van der Waals surface area (Å²) in [6.45, 7) is 0.628. The molecule has 2 aromatic heterocycles. The van der Waals surface area contributed by atoms with Gasteiger partial charge in [-0.15, -0.1) is 16.9 Å². The van der Waals surface area contributed by atoms with E-state index in [1.54, 1.807) is 28.7 Å². The summed E-state index contributed by atoms with van der Waals surface area (Å²) in [7, 11) is 0. The predicted octanol–water partition coefficient (Wildman–Crippen LogP) is -0.430. The first kappa shape index (κ1) is 8.39. The number of thioether (sulfide) groups is 1. The largest absolute Gasteiger partial charge is 0.330 e. The minimum Gasteiger partial charge on any atom is -0.330 e. The smallest absolute Gasteiger partial charge is 0.198 e. The van der Waals surface area contributed by atoms with Gasteiger partial charge in [-0.1, -0.05) is 0 Å². The minimum atomic E-state index is 0.628. The highest BCUT2D eigenvalue weighted by Crippen LogP contribution is 2.15. The second kappa shape index (κ2) is 3.67. The lowest BCUT2D eigenvalue weighted by Crippen LogP contribution is -2.03. The third kappa shape index (κ3) is 1.61. The lowest BCUT2D eigenvalue weighted by atomic mass is 10.7. The summed E-state index contributed by atoms with van der Waals surface area (Å²) in [6.07, 6.45) is 3.34. The van der Waals surface area contributed by atoms with Crippen LogP contribution < -0.4 is 5.73 Å². The van der Waals surface area contributed by atoms with E-state index >= 15 is 0 Å². The highest BCUT2D eigenvalue weighted by Gasteiger charge is 2.02. The number of nitrogens with zero attached hydrogens (tertiary/aromatic N) is 5. The fourth-order valence-corrected chi connectivity index (χ4v) is 1.63. The van der Waals surface area contributed by atoms with Gasteiger partial charge in [-0.25, -0.2) is 0 Å². The van der Waals surface area contributed by atoms with E-state index in [4.69, 9.17) is 5.73 Å². The molecule has 2 rings (SSSR count). The number of fused-ring (bicyclic) bond motifs is 1. The molecule has 13 heavy (non-hydrogen) atoms. The third-order valence-corrected chi connectivity index (χ3v) is 2.46. The van der Waals surface area contributed by atoms with Crippen LogP contribution in [0.25, 0.3) is 5.65 Å². The molecule has 6 nitrogen and oxygen atoms in total. The quantitative estimate of drug-likeness (QED) is 0.671. The van der Waals surface area contributed by atoms with E-state index in [0.717, 1.165) is 10.8 Å². The van der Waals surface area contributed by atoms with E-state index in [2.05, 4.69) is 20.5 Å². The SMILES string of the molecule is NCCSc1cncc2nnnn12. The molecule has 0 amide bonds. The molecule has 2 N–H and O–H groups in total. The maximum Gasteiger partial charge on any atom is 0.198 e. The average Bonchev–Trinajstić information content (AvgIpc) is 2.62. The molecule has 2 heterocycles. The lowest BCUT2D eigenvalue weighted by Gasteiger charge is -1.99. The van der Waals surface area contributed by atoms with Crippen LogP contribution in [0, 0.1) is 0 Å². The van der Waals surface area contributed by atoms with Gasteiger partial charge in [-0.2, -0.15) is 4.52 Å². The molecular weight excluding hydrogens is 188 g/mol. The summed E-state index contributed by atoms with van der Waals surface area (Å²) in [5.74, 6) is 0.834. The predicted molar refractivity (Wildman–Crippen MR) is 48.4 cm³/mol. The molecule has 0 atom stereocenters. The average molecular weight is 196 g/mol. The molecule has 0 aliphatic rings. The third-order valence-electron chi connectivity index (χ3n) is 1.45. The van der Waals surface area contributed by atoms with Gasteiger partial charge in [0.25, 0.3) is 0 Å². The number of hydrogen-bond acceptors (Lipinski definition) is 6. The molecule has 0 bridgehead atoms. The molecule has 7 heteroatoms. The molecule has 2 aromatic rings. The monoisotopic (exact) mass is 196 g/mol. The van der Waals surface area contributed by atoms with Crippen molar-refractivity contribution in [3.63, 3.8) is 0 Å². The zero-order valence-electron chi connectivity index (χ0n) is 6.79. The number of tetrazole rings is 1. The highest BCUT2D eigenvalue weighted by atomic mass is 32.2. The number of hydrogen-bond donors (Lipinski definition) is 1. The molecule has 0 aliphatic heterocycles. The standard InChI is InChI=1S/C6H8N6S/c7-1-2-13-6-4-8-3-5-9-10-11-12(5)6/h3-4H,1-2,7H2. The van der Waals surface area contributed by atoms with Gasteiger partial charge in [0, 0.05) is 12.3 Å². The van der Waals surface area contributed by atoms with Crippen molar-refractivity contribution < 1.29 is 0 Å². The molecule has 0 aliphatic carbocycles. The van der Waals surface area contributed by atoms with Crippen molar-refractivity contribution in [1.82, 2.24) is 25.0 Å². The first-order valence-corrected chi connectivity index (χ1v) is 4.75. The molecule has 68 valence electrons. The Kier molecular flexibility index (Phi) is 2.37. The molecule has 0 radical (unpaired) electrons. The maximum atomic E-state index is 5.39. The Morgan fingerprint density at radius 2 is 2.38 bits per heavy atom. The summed E-state index contributed by atoms with van der Waals surface area (Å²) in [6, 6.07) is 0. The molecule has 0 saturated heterocycles. The Morgan fingerprint density at radius 3 is 3.23 bits per heavy atom. The maximum absolute atomic E-state index is 5.39. The number of rotatable bonds is 3. The number of aromatic nitrogens is 5. The van der Waals surface area contributed by atoms with E-state index in [1.165, 1.54) is 0 Å². The molecule has 0 spiro atoms. The van der Waals surface area contributed by atoms with Crippen LogP contribution in [0.15, 0.2) is 17.4 Å².